The van der Waals surface area contributed by atoms with E-state index in [1.807, 2.05) is 18.2 Å². The van der Waals surface area contributed by atoms with E-state index in [4.69, 9.17) is 13.6 Å². The van der Waals surface area contributed by atoms with E-state index in [9.17, 15) is 4.89 Å². The summed E-state index contributed by atoms with van der Waals surface area (Å²) in [5.74, 6) is 1.75. The van der Waals surface area contributed by atoms with Gasteiger partial charge in [-0.2, -0.15) is 0 Å². The lowest BCUT2D eigenvalue weighted by Crippen LogP contribution is -2.57. The largest absolute Gasteiger partial charge is 0.583 e. The fourth-order valence-corrected chi connectivity index (χ4v) is 9.15. The van der Waals surface area contributed by atoms with Crippen LogP contribution in [0.25, 0.3) is 0 Å². The van der Waals surface area contributed by atoms with Crippen LogP contribution in [0.2, 0.25) is 0 Å². The molecule has 0 fully saturated rings. The van der Waals surface area contributed by atoms with Gasteiger partial charge in [0, 0.05) is 0 Å². The number of phosphoric ester groups is 1. The van der Waals surface area contributed by atoms with Gasteiger partial charge >= 0.3 is 8.17 Å². The average molecular weight is 520 g/mol. The van der Waals surface area contributed by atoms with Gasteiger partial charge in [0.1, 0.15) is 0 Å². The molecule has 4 nitrogen and oxygen atoms in total. The molecule has 3 heterocycles. The number of benzene rings is 3. The Morgan fingerprint density at radius 1 is 0.528 bits per heavy atom. The lowest BCUT2D eigenvalue weighted by Gasteiger charge is -2.36. The van der Waals surface area contributed by atoms with Gasteiger partial charge in [0.05, 0.1) is 0 Å². The summed E-state index contributed by atoms with van der Waals surface area (Å²) in [4.78, 5) is 14.1. The maximum absolute atomic E-state index is 14.1. The van der Waals surface area contributed by atoms with E-state index >= 15 is 0 Å². The molecule has 0 N–H and O–H groups in total. The van der Waals surface area contributed by atoms with E-state index in [1.54, 1.807) is 0 Å². The van der Waals surface area contributed by atoms with Crippen LogP contribution >= 0.6 is 8.17 Å². The van der Waals surface area contributed by atoms with Gasteiger partial charge in [0.15, 0.2) is 26.0 Å². The maximum atomic E-state index is 14.1. The van der Waals surface area contributed by atoms with Gasteiger partial charge in [-0.25, -0.2) is 0 Å². The van der Waals surface area contributed by atoms with Gasteiger partial charge < -0.3 is 4.89 Å². The molecule has 36 heavy (non-hydrogen) atoms. The van der Waals surface area contributed by atoms with Gasteiger partial charge in [0.2, 0.25) is 0 Å². The molecule has 0 unspecified atom stereocenters. The minimum Gasteiger partial charge on any atom is -0.583 e. The van der Waals surface area contributed by atoms with E-state index in [0.29, 0.717) is 17.2 Å². The lowest BCUT2D eigenvalue weighted by molar-refractivity contribution is -0.221. The molecule has 3 aliphatic heterocycles. The van der Waals surface area contributed by atoms with Crippen molar-refractivity contribution >= 4 is 32.5 Å². The zero-order valence-electron chi connectivity index (χ0n) is 22.8. The van der Waals surface area contributed by atoms with Crippen LogP contribution in [0, 0.1) is 0 Å². The first-order valence-corrected chi connectivity index (χ1v) is 15.5. The Bertz CT molecular complexity index is 1180. The summed E-state index contributed by atoms with van der Waals surface area (Å²) in [6.07, 6.45) is 0. The Balaban J connectivity index is 1.90. The highest BCUT2D eigenvalue weighted by atomic mass is 31.2. The van der Waals surface area contributed by atoms with E-state index in [1.165, 1.54) is 16.7 Å². The first kappa shape index (κ1) is 25.3. The number of rotatable bonds is 0. The van der Waals surface area contributed by atoms with E-state index in [0.717, 1.165) is 15.6 Å². The van der Waals surface area contributed by atoms with Crippen molar-refractivity contribution in [1.29, 1.82) is 0 Å². The molecule has 189 valence electrons. The third-order valence-electron chi connectivity index (χ3n) is 6.98. The normalized spacial score (nSPS) is 16.8. The molecule has 3 aliphatic rings. The third-order valence-corrected chi connectivity index (χ3v) is 11.0. The Morgan fingerprint density at radius 2 is 0.806 bits per heavy atom. The van der Waals surface area contributed by atoms with Gasteiger partial charge in [0.25, 0.3) is 0 Å². The summed E-state index contributed by atoms with van der Waals surface area (Å²) in [5.41, 5.74) is 3.51. The highest BCUT2D eigenvalue weighted by molar-refractivity contribution is 7.55. The molecule has 0 amide bonds. The highest BCUT2D eigenvalue weighted by Gasteiger charge is 2.48. The third kappa shape index (κ3) is 4.47. The van der Waals surface area contributed by atoms with Gasteiger partial charge in [-0.1, -0.05) is 98.7 Å². The molecule has 6 heteroatoms. The molecular weight excluding hydrogens is 483 g/mol. The molecule has 1 radical (unpaired) electrons. The van der Waals surface area contributed by atoms with Crippen molar-refractivity contribution in [3.05, 3.63) is 71.3 Å². The van der Waals surface area contributed by atoms with Crippen LogP contribution in [0.1, 0.15) is 79.0 Å². The van der Waals surface area contributed by atoms with Gasteiger partial charge in [-0.15, -0.1) is 0 Å². The van der Waals surface area contributed by atoms with Gasteiger partial charge in [-0.3, -0.25) is 13.6 Å². The summed E-state index contributed by atoms with van der Waals surface area (Å²) in [5, 5.41) is 3.25. The van der Waals surface area contributed by atoms with Crippen LogP contribution in [0.15, 0.2) is 54.6 Å². The van der Waals surface area contributed by atoms with Crippen LogP contribution in [-0.2, 0) is 16.2 Å². The second-order valence-corrected chi connectivity index (χ2v) is 16.8. The quantitative estimate of drug-likeness (QED) is 0.299. The SMILES string of the molecule is CC(C)(C)c1ccc2c(c1)[Si]1c3cc(C(C)(C)C)ccc3O[P+]([O-])(O2)Oc2ccc(C(C)(C)C)cc21. The van der Waals surface area contributed by atoms with Crippen LogP contribution in [0.4, 0.5) is 0 Å². The summed E-state index contributed by atoms with van der Waals surface area (Å²) < 4.78 is 18.3. The van der Waals surface area contributed by atoms with E-state index < -0.39 is 17.0 Å². The molecule has 2 bridgehead atoms. The molecule has 3 aromatic rings. The second kappa shape index (κ2) is 8.08. The predicted octanol–water partition coefficient (Wildman–Crippen LogP) is 5.30. The molecule has 0 aromatic heterocycles. The van der Waals surface area contributed by atoms with Crippen molar-refractivity contribution < 1.29 is 18.5 Å². The first-order chi connectivity index (χ1) is 16.6. The molecule has 3 aromatic carbocycles. The predicted molar refractivity (Wildman–Crippen MR) is 149 cm³/mol. The fraction of sp³-hybridized carbons (Fsp3) is 0.400. The molecule has 0 atom stereocenters. The summed E-state index contributed by atoms with van der Waals surface area (Å²) >= 11 is 0. The number of hydrogen-bond acceptors (Lipinski definition) is 4. The first-order valence-electron chi connectivity index (χ1n) is 12.6. The highest BCUT2D eigenvalue weighted by Crippen LogP contribution is 2.54. The standard InChI is InChI=1S/C30H36O4PSi/c1-28(2,3)19-10-13-22-25(16-19)36-26-17-20(29(4,5)6)11-14-23(26)33-35(31,32-22)34-24-15-12-21(18-27(24)36)30(7,8)9/h10-18H,1-9H3. The van der Waals surface area contributed by atoms with Crippen LogP contribution in [0.3, 0.4) is 0 Å². The summed E-state index contributed by atoms with van der Waals surface area (Å²) in [6, 6.07) is 18.8. The zero-order chi connectivity index (χ0) is 26.3. The van der Waals surface area contributed by atoms with Crippen LogP contribution in [-0.4, -0.2) is 8.80 Å². The monoisotopic (exact) mass is 519 g/mol. The molecule has 0 saturated carbocycles. The number of hydrogen-bond donors (Lipinski definition) is 0. The smallest absolute Gasteiger partial charge is 0.517 e. The lowest BCUT2D eigenvalue weighted by atomic mass is 9.87. The average Bonchev–Trinajstić information content (AvgIpc) is 2.72. The van der Waals surface area contributed by atoms with E-state index in [2.05, 4.69) is 98.7 Å². The topological polar surface area (TPSA) is 50.8 Å². The summed E-state index contributed by atoms with van der Waals surface area (Å²) in [7, 11) is -5.65. The zero-order valence-corrected chi connectivity index (χ0v) is 24.7. The Morgan fingerprint density at radius 3 is 1.06 bits per heavy atom. The van der Waals surface area contributed by atoms with Crippen molar-refractivity contribution in [3.63, 3.8) is 0 Å². The second-order valence-electron chi connectivity index (χ2n) is 13.0. The van der Waals surface area contributed by atoms with Crippen molar-refractivity contribution in [2.24, 2.45) is 0 Å². The Kier molecular flexibility index (Phi) is 5.68. The van der Waals surface area contributed by atoms with Crippen molar-refractivity contribution in [3.8, 4) is 17.2 Å². The molecule has 0 aliphatic carbocycles. The maximum Gasteiger partial charge on any atom is 0.517 e. The molecule has 0 spiro atoms. The number of phosphoric acid groups is 1. The minimum absolute atomic E-state index is 0.0443. The van der Waals surface area contributed by atoms with Crippen molar-refractivity contribution in [2.45, 2.75) is 78.6 Å². The fourth-order valence-electron chi connectivity index (χ4n) is 4.67. The van der Waals surface area contributed by atoms with Crippen molar-refractivity contribution in [1.82, 2.24) is 0 Å². The minimum atomic E-state index is -3.99. The van der Waals surface area contributed by atoms with Crippen LogP contribution < -0.4 is 34.0 Å². The Labute approximate surface area is 217 Å². The molecule has 6 rings (SSSR count). The van der Waals surface area contributed by atoms with Gasteiger partial charge in [-0.05, 0) is 66.7 Å². The molecular formula is C30H36O4PSi. The van der Waals surface area contributed by atoms with Crippen LogP contribution in [0.5, 0.6) is 17.2 Å². The van der Waals surface area contributed by atoms with E-state index in [-0.39, 0.29) is 16.2 Å². The summed E-state index contributed by atoms with van der Waals surface area (Å²) in [6.45, 7) is 19.9. The molecule has 0 saturated heterocycles. The van der Waals surface area contributed by atoms with Crippen molar-refractivity contribution in [2.75, 3.05) is 0 Å². The Hall–Kier alpha value is -2.33.